The van der Waals surface area contributed by atoms with Gasteiger partial charge in [-0.05, 0) is 133 Å². The predicted molar refractivity (Wildman–Crippen MR) is 223 cm³/mol. The third kappa shape index (κ3) is 5.19. The first-order chi connectivity index (χ1) is 26.1. The van der Waals surface area contributed by atoms with Gasteiger partial charge in [0, 0.05) is 35.2 Å². The van der Waals surface area contributed by atoms with Crippen molar-refractivity contribution in [1.82, 2.24) is 4.57 Å². The summed E-state index contributed by atoms with van der Waals surface area (Å²) in [5, 5.41) is 0. The largest absolute Gasteiger partial charge is 0.361 e. The lowest BCUT2D eigenvalue weighted by atomic mass is 9.63. The maximum Gasteiger partial charge on any atom is 0.0640 e. The molecule has 0 fully saturated rings. The lowest BCUT2D eigenvalue weighted by molar-refractivity contribution is 0.389. The highest BCUT2D eigenvalue weighted by Crippen LogP contribution is 2.59. The van der Waals surface area contributed by atoms with Crippen molar-refractivity contribution in [3.8, 4) is 5.69 Å². The van der Waals surface area contributed by atoms with E-state index in [1.54, 1.807) is 16.7 Å². The van der Waals surface area contributed by atoms with Crippen LogP contribution in [-0.4, -0.2) is 16.7 Å². The molecule has 0 radical (unpaired) electrons. The van der Waals surface area contributed by atoms with Gasteiger partial charge in [-0.1, -0.05) is 129 Å². The van der Waals surface area contributed by atoms with E-state index in [0.717, 1.165) is 44.9 Å². The van der Waals surface area contributed by atoms with Crippen LogP contribution >= 0.6 is 0 Å². The van der Waals surface area contributed by atoms with Gasteiger partial charge in [-0.2, -0.15) is 0 Å². The summed E-state index contributed by atoms with van der Waals surface area (Å²) in [7, 11) is 0. The summed E-state index contributed by atoms with van der Waals surface area (Å²) in [6.07, 6.45) is 33.2. The minimum absolute atomic E-state index is 0.235. The Kier molecular flexibility index (Phi) is 8.19. The van der Waals surface area contributed by atoms with E-state index in [1.165, 1.54) is 69.9 Å². The monoisotopic (exact) mass is 692 g/mol. The molecule has 10 rings (SSSR count). The number of hydrogen-bond acceptors (Lipinski definition) is 1. The van der Waals surface area contributed by atoms with E-state index in [9.17, 15) is 0 Å². The van der Waals surface area contributed by atoms with E-state index in [2.05, 4.69) is 157 Å². The van der Waals surface area contributed by atoms with Crippen LogP contribution in [0.1, 0.15) is 98.0 Å². The molecule has 266 valence electrons. The molecule has 3 aromatic carbocycles. The summed E-state index contributed by atoms with van der Waals surface area (Å²) in [4.78, 5) is 2.90. The molecule has 53 heavy (non-hydrogen) atoms. The molecule has 1 heterocycles. The molecule has 0 N–H and O–H groups in total. The Morgan fingerprint density at radius 2 is 1.57 bits per heavy atom. The first kappa shape index (κ1) is 32.8. The molecule has 0 aliphatic heterocycles. The van der Waals surface area contributed by atoms with Gasteiger partial charge >= 0.3 is 0 Å². The highest BCUT2D eigenvalue weighted by Gasteiger charge is 2.49. The van der Waals surface area contributed by atoms with E-state index in [0.29, 0.717) is 23.9 Å². The number of aromatic nitrogens is 1. The van der Waals surface area contributed by atoms with Crippen molar-refractivity contribution in [3.63, 3.8) is 0 Å². The molecule has 0 bridgehead atoms. The van der Waals surface area contributed by atoms with Crippen LogP contribution in [0.2, 0.25) is 0 Å². The highest BCUT2D eigenvalue weighted by molar-refractivity contribution is 5.91. The highest BCUT2D eigenvalue weighted by atomic mass is 15.2. The van der Waals surface area contributed by atoms with Gasteiger partial charge < -0.3 is 9.47 Å². The summed E-state index contributed by atoms with van der Waals surface area (Å²) >= 11 is 0. The Hall–Kier alpha value is -4.82. The fourth-order valence-corrected chi connectivity index (χ4v) is 11.2. The molecule has 1 aromatic heterocycles. The topological polar surface area (TPSA) is 8.17 Å². The predicted octanol–water partition coefficient (Wildman–Crippen LogP) is 12.1. The van der Waals surface area contributed by atoms with Gasteiger partial charge in [0.1, 0.15) is 0 Å². The van der Waals surface area contributed by atoms with Gasteiger partial charge in [0.25, 0.3) is 0 Å². The minimum Gasteiger partial charge on any atom is -0.361 e. The van der Waals surface area contributed by atoms with Crippen LogP contribution in [0.15, 0.2) is 139 Å². The molecule has 0 amide bonds. The number of anilines is 1. The second-order valence-corrected chi connectivity index (χ2v) is 16.6. The Labute approximate surface area is 316 Å². The van der Waals surface area contributed by atoms with Gasteiger partial charge in [0.05, 0.1) is 11.5 Å². The maximum atomic E-state index is 2.90. The molecule has 0 spiro atoms. The fourth-order valence-electron chi connectivity index (χ4n) is 11.2. The van der Waals surface area contributed by atoms with E-state index in [4.69, 9.17) is 0 Å². The molecule has 2 heteroatoms. The molecular weight excluding hydrogens is 641 g/mol. The fraction of sp³-hybridized carbons (Fsp3) is 0.333. The third-order valence-corrected chi connectivity index (χ3v) is 13.5. The number of allylic oxidation sites excluding steroid dienone is 10. The zero-order valence-corrected chi connectivity index (χ0v) is 31.5. The lowest BCUT2D eigenvalue weighted by Gasteiger charge is -2.45. The first-order valence-electron chi connectivity index (χ1n) is 20.5. The number of fused-ring (bicyclic) bond motifs is 5. The Morgan fingerprint density at radius 3 is 2.38 bits per heavy atom. The Balaban J connectivity index is 1.15. The van der Waals surface area contributed by atoms with Crippen molar-refractivity contribution in [3.05, 3.63) is 178 Å². The van der Waals surface area contributed by atoms with E-state index in [-0.39, 0.29) is 5.41 Å². The molecule has 2 nitrogen and oxygen atoms in total. The molecule has 6 aliphatic carbocycles. The van der Waals surface area contributed by atoms with Crippen LogP contribution in [-0.2, 0) is 24.7 Å². The summed E-state index contributed by atoms with van der Waals surface area (Å²) in [5.41, 5.74) is 17.6. The molecular formula is C51H52N2. The summed E-state index contributed by atoms with van der Waals surface area (Å²) in [5.74, 6) is 1.15. The average Bonchev–Trinajstić information content (AvgIpc) is 3.69. The van der Waals surface area contributed by atoms with Crippen LogP contribution in [0, 0.1) is 11.8 Å². The second-order valence-electron chi connectivity index (χ2n) is 16.6. The Bertz CT molecular complexity index is 2240. The summed E-state index contributed by atoms with van der Waals surface area (Å²) in [6, 6.07) is 31.2. The number of para-hydroxylation sites is 1. The maximum absolute atomic E-state index is 2.90. The first-order valence-corrected chi connectivity index (χ1v) is 20.5. The number of nitrogens with zero attached hydrogens (tertiary/aromatic N) is 2. The van der Waals surface area contributed by atoms with Crippen molar-refractivity contribution < 1.29 is 0 Å². The van der Waals surface area contributed by atoms with E-state index >= 15 is 0 Å². The zero-order valence-electron chi connectivity index (χ0n) is 31.5. The number of rotatable bonds is 6. The van der Waals surface area contributed by atoms with Crippen LogP contribution in [0.25, 0.3) is 17.3 Å². The van der Waals surface area contributed by atoms with Crippen LogP contribution < -0.4 is 4.90 Å². The van der Waals surface area contributed by atoms with Gasteiger partial charge in [0.2, 0.25) is 0 Å². The second kappa shape index (κ2) is 13.2. The van der Waals surface area contributed by atoms with Gasteiger partial charge in [0.15, 0.2) is 0 Å². The molecule has 6 aliphatic rings. The molecule has 0 saturated carbocycles. The van der Waals surface area contributed by atoms with Crippen molar-refractivity contribution >= 4 is 17.3 Å². The Morgan fingerprint density at radius 1 is 0.736 bits per heavy atom. The van der Waals surface area contributed by atoms with E-state index < -0.39 is 0 Å². The quantitative estimate of drug-likeness (QED) is 0.183. The van der Waals surface area contributed by atoms with Gasteiger partial charge in [-0.25, -0.2) is 0 Å². The SMILES string of the molecule is CC1C=Cc2c3c(n(-c4ccccc4)c2C1)CC(N(c1ccc2c(c1)C(C1=CC=CCC1)(c1ccccc1)C1=C2C=CCC1)C1C=CCC[C@@H]1C)CC3. The third-order valence-electron chi connectivity index (χ3n) is 13.5. The van der Waals surface area contributed by atoms with Crippen molar-refractivity contribution in [2.45, 2.75) is 95.6 Å². The average molecular weight is 693 g/mol. The number of hydrogen-bond donors (Lipinski definition) is 0. The minimum atomic E-state index is -0.235. The summed E-state index contributed by atoms with van der Waals surface area (Å²) in [6.45, 7) is 4.87. The molecule has 4 aromatic rings. The van der Waals surface area contributed by atoms with Crippen molar-refractivity contribution in [2.24, 2.45) is 11.8 Å². The molecule has 4 unspecified atom stereocenters. The van der Waals surface area contributed by atoms with Crippen LogP contribution in [0.4, 0.5) is 5.69 Å². The standard InChI is InChI=1S/C51H52N2/c1-35-26-29-44-45-31-28-41(34-50(45)53(49(44)32-35)39-21-10-5-11-22-39)52(48-25-15-12-16-36(48)2)40-27-30-43-42-23-13-14-24-46(42)51(47(43)33-40,37-17-6-3-7-18-37)38-19-8-4-9-20-38/h3-8,10-11,13,15,17-19,21-23,25-27,29-30,33,35-36,41,48H,9,12,14,16,20,24,28,31-32,34H2,1-2H3/t35?,36-,41?,48?,51?/m0/s1. The smallest absolute Gasteiger partial charge is 0.0640 e. The molecule has 5 atom stereocenters. The summed E-state index contributed by atoms with van der Waals surface area (Å²) < 4.78 is 2.67. The lowest BCUT2D eigenvalue weighted by Crippen LogP contribution is -2.49. The zero-order chi connectivity index (χ0) is 35.5. The van der Waals surface area contributed by atoms with Gasteiger partial charge in [-0.3, -0.25) is 0 Å². The van der Waals surface area contributed by atoms with Crippen LogP contribution in [0.5, 0.6) is 0 Å². The van der Waals surface area contributed by atoms with Crippen molar-refractivity contribution in [2.75, 3.05) is 4.90 Å². The van der Waals surface area contributed by atoms with Crippen LogP contribution in [0.3, 0.4) is 0 Å². The van der Waals surface area contributed by atoms with E-state index in [1.807, 2.05) is 0 Å². The van der Waals surface area contributed by atoms with Gasteiger partial charge in [-0.15, -0.1) is 0 Å². The normalized spacial score (nSPS) is 26.9. The number of benzene rings is 3. The molecule has 0 saturated heterocycles. The van der Waals surface area contributed by atoms with Crippen molar-refractivity contribution in [1.29, 1.82) is 0 Å².